The molecule has 2 N–H and O–H groups in total. The summed E-state index contributed by atoms with van der Waals surface area (Å²) in [4.78, 5) is 25.4. The van der Waals surface area contributed by atoms with Crippen LogP contribution >= 0.6 is 11.6 Å². The topological polar surface area (TPSA) is 92.9 Å². The molecule has 1 aliphatic rings. The summed E-state index contributed by atoms with van der Waals surface area (Å²) >= 11 is 6.16. The van der Waals surface area contributed by atoms with Gasteiger partial charge in [0.1, 0.15) is 5.82 Å². The van der Waals surface area contributed by atoms with E-state index in [1.54, 1.807) is 13.0 Å². The second kappa shape index (κ2) is 7.52. The third-order valence-electron chi connectivity index (χ3n) is 4.76. The number of aromatic nitrogens is 3. The highest BCUT2D eigenvalue weighted by atomic mass is 35.5. The molecule has 3 aromatic rings. The Kier molecular flexibility index (Phi) is 4.94. The van der Waals surface area contributed by atoms with Crippen LogP contribution in [-0.4, -0.2) is 26.9 Å². The van der Waals surface area contributed by atoms with E-state index in [0.717, 1.165) is 29.6 Å². The smallest absolute Gasteiger partial charge is 0.289 e. The maximum absolute atomic E-state index is 12.2. The lowest BCUT2D eigenvalue weighted by atomic mass is 10.2. The molecule has 0 aliphatic heterocycles. The van der Waals surface area contributed by atoms with Gasteiger partial charge in [-0.25, -0.2) is 15.0 Å². The first-order valence-electron chi connectivity index (χ1n) is 9.01. The van der Waals surface area contributed by atoms with E-state index < -0.39 is 0 Å². The predicted molar refractivity (Wildman–Crippen MR) is 103 cm³/mol. The molecule has 1 aliphatic carbocycles. The lowest BCUT2D eigenvalue weighted by Crippen LogP contribution is -2.25. The van der Waals surface area contributed by atoms with Gasteiger partial charge in [0.25, 0.3) is 5.91 Å². The van der Waals surface area contributed by atoms with Gasteiger partial charge in [0, 0.05) is 16.5 Å². The molecule has 1 fully saturated rings. The number of hydrogen-bond acceptors (Lipinski definition) is 6. The minimum absolute atomic E-state index is 0.191. The first-order valence-corrected chi connectivity index (χ1v) is 9.39. The SMILES string of the molecule is Cc1ncoc1C(=O)NCc1nc(NC2CCCC2)c2cc(Cl)ccc2n1. The van der Waals surface area contributed by atoms with E-state index in [4.69, 9.17) is 16.0 Å². The van der Waals surface area contributed by atoms with Gasteiger partial charge < -0.3 is 15.1 Å². The molecular weight excluding hydrogens is 366 g/mol. The number of halogens is 1. The molecule has 7 nitrogen and oxygen atoms in total. The number of carbonyl (C=O) groups is 1. The van der Waals surface area contributed by atoms with Crippen LogP contribution in [0.5, 0.6) is 0 Å². The van der Waals surface area contributed by atoms with Crippen LogP contribution in [0, 0.1) is 6.92 Å². The van der Waals surface area contributed by atoms with Crippen molar-refractivity contribution in [2.24, 2.45) is 0 Å². The zero-order valence-electron chi connectivity index (χ0n) is 15.0. The maximum Gasteiger partial charge on any atom is 0.289 e. The van der Waals surface area contributed by atoms with Crippen LogP contribution in [-0.2, 0) is 6.54 Å². The Labute approximate surface area is 161 Å². The number of aryl methyl sites for hydroxylation is 1. The summed E-state index contributed by atoms with van der Waals surface area (Å²) in [6, 6.07) is 5.94. The van der Waals surface area contributed by atoms with E-state index in [1.807, 2.05) is 12.1 Å². The van der Waals surface area contributed by atoms with Crippen molar-refractivity contribution in [1.29, 1.82) is 0 Å². The van der Waals surface area contributed by atoms with Crippen molar-refractivity contribution >= 4 is 34.2 Å². The second-order valence-corrected chi connectivity index (χ2v) is 7.16. The van der Waals surface area contributed by atoms with E-state index >= 15 is 0 Å². The summed E-state index contributed by atoms with van der Waals surface area (Å²) in [6.45, 7) is 1.91. The molecule has 0 atom stereocenters. The van der Waals surface area contributed by atoms with Crippen LogP contribution in [0.1, 0.15) is 47.8 Å². The summed E-state index contributed by atoms with van der Waals surface area (Å²) in [5.74, 6) is 1.15. The molecule has 2 heterocycles. The minimum atomic E-state index is -0.338. The van der Waals surface area contributed by atoms with Crippen molar-refractivity contribution in [1.82, 2.24) is 20.3 Å². The van der Waals surface area contributed by atoms with Gasteiger partial charge in [0.05, 0.1) is 17.8 Å². The van der Waals surface area contributed by atoms with Gasteiger partial charge >= 0.3 is 0 Å². The molecule has 1 saturated carbocycles. The molecular formula is C19H20ClN5O2. The lowest BCUT2D eigenvalue weighted by molar-refractivity contribution is 0.0921. The standard InChI is InChI=1S/C19H20ClN5O2/c1-11-17(27-10-22-11)19(26)21-9-16-24-15-7-6-12(20)8-14(15)18(25-16)23-13-4-2-3-5-13/h6-8,10,13H,2-5,9H2,1H3,(H,21,26)(H,23,24,25). The Bertz CT molecular complexity index is 981. The number of nitrogens with one attached hydrogen (secondary N) is 2. The fourth-order valence-electron chi connectivity index (χ4n) is 3.36. The monoisotopic (exact) mass is 385 g/mol. The van der Waals surface area contributed by atoms with E-state index in [1.165, 1.54) is 19.2 Å². The molecule has 0 spiro atoms. The first-order chi connectivity index (χ1) is 13.1. The summed E-state index contributed by atoms with van der Waals surface area (Å²) in [5, 5.41) is 7.84. The lowest BCUT2D eigenvalue weighted by Gasteiger charge is -2.16. The Morgan fingerprint density at radius 3 is 2.85 bits per heavy atom. The normalized spacial score (nSPS) is 14.6. The van der Waals surface area contributed by atoms with Crippen molar-refractivity contribution in [3.63, 3.8) is 0 Å². The summed E-state index contributed by atoms with van der Waals surface area (Å²) in [7, 11) is 0. The first kappa shape index (κ1) is 17.7. The molecule has 1 amide bonds. The minimum Gasteiger partial charge on any atom is -0.438 e. The van der Waals surface area contributed by atoms with E-state index in [-0.39, 0.29) is 18.2 Å². The molecule has 0 unspecified atom stereocenters. The van der Waals surface area contributed by atoms with Crippen LogP contribution in [0.3, 0.4) is 0 Å². The van der Waals surface area contributed by atoms with Crippen LogP contribution in [0.4, 0.5) is 5.82 Å². The molecule has 2 aromatic heterocycles. The average Bonchev–Trinajstić information content (AvgIpc) is 3.32. The fraction of sp³-hybridized carbons (Fsp3) is 0.368. The number of nitrogens with zero attached hydrogens (tertiary/aromatic N) is 3. The van der Waals surface area contributed by atoms with Gasteiger partial charge in [-0.05, 0) is 38.0 Å². The van der Waals surface area contributed by atoms with Crippen LogP contribution in [0.2, 0.25) is 5.02 Å². The predicted octanol–water partition coefficient (Wildman–Crippen LogP) is 3.86. The van der Waals surface area contributed by atoms with Crippen molar-refractivity contribution in [3.05, 3.63) is 46.9 Å². The molecule has 8 heteroatoms. The highest BCUT2D eigenvalue weighted by Crippen LogP contribution is 2.28. The Hall–Kier alpha value is -2.67. The van der Waals surface area contributed by atoms with Crippen molar-refractivity contribution in [2.45, 2.75) is 45.2 Å². The van der Waals surface area contributed by atoms with Gasteiger partial charge in [-0.3, -0.25) is 4.79 Å². The number of carbonyl (C=O) groups excluding carboxylic acids is 1. The summed E-state index contributed by atoms with van der Waals surface area (Å²) in [6.07, 6.45) is 5.96. The molecule has 27 heavy (non-hydrogen) atoms. The highest BCUT2D eigenvalue weighted by Gasteiger charge is 2.18. The van der Waals surface area contributed by atoms with E-state index in [2.05, 4.69) is 25.6 Å². The van der Waals surface area contributed by atoms with E-state index in [0.29, 0.717) is 22.6 Å². The summed E-state index contributed by atoms with van der Waals surface area (Å²) in [5.41, 5.74) is 1.33. The zero-order chi connectivity index (χ0) is 18.8. The summed E-state index contributed by atoms with van der Waals surface area (Å²) < 4.78 is 5.12. The molecule has 0 saturated heterocycles. The second-order valence-electron chi connectivity index (χ2n) is 6.73. The third-order valence-corrected chi connectivity index (χ3v) is 4.99. The van der Waals surface area contributed by atoms with Crippen molar-refractivity contribution in [2.75, 3.05) is 5.32 Å². The Morgan fingerprint density at radius 1 is 1.30 bits per heavy atom. The zero-order valence-corrected chi connectivity index (χ0v) is 15.7. The van der Waals surface area contributed by atoms with Crippen LogP contribution in [0.15, 0.2) is 29.0 Å². The van der Waals surface area contributed by atoms with E-state index in [9.17, 15) is 4.79 Å². The number of oxazole rings is 1. The fourth-order valence-corrected chi connectivity index (χ4v) is 3.53. The van der Waals surface area contributed by atoms with Gasteiger partial charge in [0.15, 0.2) is 12.2 Å². The highest BCUT2D eigenvalue weighted by molar-refractivity contribution is 6.31. The molecule has 140 valence electrons. The van der Waals surface area contributed by atoms with Gasteiger partial charge in [0.2, 0.25) is 5.76 Å². The molecule has 0 radical (unpaired) electrons. The third kappa shape index (κ3) is 3.88. The largest absolute Gasteiger partial charge is 0.438 e. The molecule has 0 bridgehead atoms. The van der Waals surface area contributed by atoms with Gasteiger partial charge in [-0.1, -0.05) is 24.4 Å². The van der Waals surface area contributed by atoms with Crippen LogP contribution in [0.25, 0.3) is 10.9 Å². The number of rotatable bonds is 5. The molecule has 4 rings (SSSR count). The maximum atomic E-state index is 12.2. The number of benzene rings is 1. The quantitative estimate of drug-likeness (QED) is 0.692. The number of anilines is 1. The van der Waals surface area contributed by atoms with Gasteiger partial charge in [-0.2, -0.15) is 0 Å². The Morgan fingerprint density at radius 2 is 2.11 bits per heavy atom. The van der Waals surface area contributed by atoms with Gasteiger partial charge in [-0.15, -0.1) is 0 Å². The van der Waals surface area contributed by atoms with Crippen molar-refractivity contribution in [3.8, 4) is 0 Å². The number of amides is 1. The Balaban J connectivity index is 1.59. The average molecular weight is 386 g/mol. The molecule has 1 aromatic carbocycles. The van der Waals surface area contributed by atoms with Crippen LogP contribution < -0.4 is 10.6 Å². The van der Waals surface area contributed by atoms with Crippen molar-refractivity contribution < 1.29 is 9.21 Å². The number of hydrogen-bond donors (Lipinski definition) is 2. The number of fused-ring (bicyclic) bond motifs is 1.